The minimum Gasteiger partial charge on any atom is -0.481 e. The predicted molar refractivity (Wildman–Crippen MR) is 65.0 cm³/mol. The first-order valence-electron chi connectivity index (χ1n) is 5.81. The number of aromatic amines is 1. The van der Waals surface area contributed by atoms with Crippen molar-refractivity contribution in [2.45, 2.75) is 26.3 Å². The molecule has 3 N–H and O–H groups in total. The fourth-order valence-electron chi connectivity index (χ4n) is 1.49. The van der Waals surface area contributed by atoms with Crippen LogP contribution in [0.4, 0.5) is 4.79 Å². The minimum absolute atomic E-state index is 0.0591. The summed E-state index contributed by atoms with van der Waals surface area (Å²) in [7, 11) is 0. The van der Waals surface area contributed by atoms with E-state index in [0.29, 0.717) is 12.4 Å². The molecule has 0 saturated heterocycles. The maximum absolute atomic E-state index is 11.9. The summed E-state index contributed by atoms with van der Waals surface area (Å²) >= 11 is 0. The van der Waals surface area contributed by atoms with Gasteiger partial charge in [0.15, 0.2) is 0 Å². The highest BCUT2D eigenvalue weighted by atomic mass is 16.4. The normalized spacial score (nSPS) is 11.9. The summed E-state index contributed by atoms with van der Waals surface area (Å²) in [6.07, 6.45) is 3.23. The van der Waals surface area contributed by atoms with Crippen LogP contribution in [0.15, 0.2) is 12.4 Å². The zero-order valence-corrected chi connectivity index (χ0v) is 10.5. The number of nitrogens with one attached hydrogen (secondary N) is 2. The maximum atomic E-state index is 11.9. The van der Waals surface area contributed by atoms with Crippen LogP contribution < -0.4 is 5.32 Å². The number of rotatable bonds is 6. The lowest BCUT2D eigenvalue weighted by Crippen LogP contribution is -2.42. The van der Waals surface area contributed by atoms with Crippen LogP contribution in [-0.2, 0) is 4.79 Å². The van der Waals surface area contributed by atoms with Gasteiger partial charge in [0.2, 0.25) is 0 Å². The van der Waals surface area contributed by atoms with Crippen LogP contribution in [0.25, 0.3) is 0 Å². The number of aromatic nitrogens is 2. The Morgan fingerprint density at radius 1 is 1.61 bits per heavy atom. The smallest absolute Gasteiger partial charge is 0.317 e. The van der Waals surface area contributed by atoms with Gasteiger partial charge in [-0.2, -0.15) is 0 Å². The molecule has 0 saturated carbocycles. The number of aliphatic carboxylic acids is 1. The lowest BCUT2D eigenvalue weighted by atomic mass is 10.3. The van der Waals surface area contributed by atoms with Gasteiger partial charge in [-0.15, -0.1) is 0 Å². The molecule has 1 aromatic heterocycles. The molecule has 0 aliphatic carbocycles. The first-order valence-corrected chi connectivity index (χ1v) is 5.81. The lowest BCUT2D eigenvalue weighted by molar-refractivity contribution is -0.137. The van der Waals surface area contributed by atoms with Crippen molar-refractivity contribution in [2.24, 2.45) is 0 Å². The van der Waals surface area contributed by atoms with Gasteiger partial charge >= 0.3 is 12.0 Å². The molecule has 1 aromatic rings. The van der Waals surface area contributed by atoms with Crippen LogP contribution in [0.5, 0.6) is 0 Å². The summed E-state index contributed by atoms with van der Waals surface area (Å²) in [5, 5.41) is 11.4. The molecular weight excluding hydrogens is 236 g/mol. The highest BCUT2D eigenvalue weighted by Gasteiger charge is 2.16. The molecule has 0 fully saturated rings. The third-order valence-corrected chi connectivity index (χ3v) is 2.53. The number of urea groups is 1. The Hall–Kier alpha value is -2.05. The molecule has 1 heterocycles. The third kappa shape index (κ3) is 4.08. The van der Waals surface area contributed by atoms with E-state index < -0.39 is 5.97 Å². The average molecular weight is 254 g/mol. The van der Waals surface area contributed by atoms with Crippen molar-refractivity contribution in [1.29, 1.82) is 0 Å². The Kier molecular flexibility index (Phi) is 5.16. The molecule has 0 radical (unpaired) electrons. The average Bonchev–Trinajstić information content (AvgIpc) is 2.82. The monoisotopic (exact) mass is 254 g/mol. The van der Waals surface area contributed by atoms with Gasteiger partial charge in [0.1, 0.15) is 5.82 Å². The van der Waals surface area contributed by atoms with Crippen molar-refractivity contribution < 1.29 is 14.7 Å². The number of carboxylic acids is 1. The summed E-state index contributed by atoms with van der Waals surface area (Å²) < 4.78 is 0. The molecule has 1 atom stereocenters. The van der Waals surface area contributed by atoms with Crippen molar-refractivity contribution >= 4 is 12.0 Å². The molecule has 100 valence electrons. The van der Waals surface area contributed by atoms with Gasteiger partial charge in [-0.1, -0.05) is 0 Å². The van der Waals surface area contributed by atoms with E-state index in [4.69, 9.17) is 5.11 Å². The van der Waals surface area contributed by atoms with Crippen molar-refractivity contribution in [3.63, 3.8) is 0 Å². The Bertz CT molecular complexity index is 391. The molecule has 18 heavy (non-hydrogen) atoms. The summed E-state index contributed by atoms with van der Waals surface area (Å²) in [4.78, 5) is 30.8. The van der Waals surface area contributed by atoms with E-state index >= 15 is 0 Å². The number of hydrogen-bond acceptors (Lipinski definition) is 3. The Balaban J connectivity index is 2.49. The second-order valence-electron chi connectivity index (χ2n) is 3.87. The van der Waals surface area contributed by atoms with Crippen molar-refractivity contribution in [3.05, 3.63) is 18.2 Å². The van der Waals surface area contributed by atoms with Crippen LogP contribution in [0, 0.1) is 0 Å². The summed E-state index contributed by atoms with van der Waals surface area (Å²) in [6.45, 7) is 4.27. The van der Waals surface area contributed by atoms with E-state index in [0.717, 1.165) is 0 Å². The first kappa shape index (κ1) is 14.0. The number of hydrogen-bond donors (Lipinski definition) is 3. The second kappa shape index (κ2) is 6.63. The quantitative estimate of drug-likeness (QED) is 0.704. The minimum atomic E-state index is -0.916. The van der Waals surface area contributed by atoms with Gasteiger partial charge in [0.25, 0.3) is 0 Å². The van der Waals surface area contributed by atoms with Crippen LogP contribution in [0.2, 0.25) is 0 Å². The molecule has 7 nitrogen and oxygen atoms in total. The number of imidazole rings is 1. The van der Waals surface area contributed by atoms with Crippen LogP contribution >= 0.6 is 0 Å². The first-order chi connectivity index (χ1) is 8.54. The van der Waals surface area contributed by atoms with E-state index in [1.54, 1.807) is 19.3 Å². The highest BCUT2D eigenvalue weighted by Crippen LogP contribution is 2.06. The Morgan fingerprint density at radius 3 is 2.83 bits per heavy atom. The van der Waals surface area contributed by atoms with E-state index in [1.165, 1.54) is 4.90 Å². The number of H-pyrrole nitrogens is 1. The standard InChI is InChI=1S/C11H18N4O3/c1-3-15(7-4-9(16)17)11(18)14-8(2)10-12-5-6-13-10/h5-6,8H,3-4,7H2,1-2H3,(H,12,13)(H,14,18)(H,16,17). The highest BCUT2D eigenvalue weighted by molar-refractivity contribution is 5.75. The molecule has 1 rings (SSSR count). The van der Waals surface area contributed by atoms with Gasteiger partial charge in [-0.05, 0) is 13.8 Å². The van der Waals surface area contributed by atoms with Gasteiger partial charge < -0.3 is 20.3 Å². The van der Waals surface area contributed by atoms with E-state index in [2.05, 4.69) is 15.3 Å². The Morgan fingerprint density at radius 2 is 2.33 bits per heavy atom. The van der Waals surface area contributed by atoms with Crippen molar-refractivity contribution in [2.75, 3.05) is 13.1 Å². The zero-order chi connectivity index (χ0) is 13.5. The number of amides is 2. The number of carbonyl (C=O) groups is 2. The van der Waals surface area contributed by atoms with E-state index in [9.17, 15) is 9.59 Å². The van der Waals surface area contributed by atoms with Gasteiger partial charge in [-0.25, -0.2) is 9.78 Å². The topological polar surface area (TPSA) is 98.3 Å². The van der Waals surface area contributed by atoms with E-state index in [1.807, 2.05) is 6.92 Å². The van der Waals surface area contributed by atoms with Crippen LogP contribution in [0.3, 0.4) is 0 Å². The Labute approximate surface area is 105 Å². The molecule has 0 spiro atoms. The maximum Gasteiger partial charge on any atom is 0.317 e. The number of nitrogens with zero attached hydrogens (tertiary/aromatic N) is 2. The fraction of sp³-hybridized carbons (Fsp3) is 0.545. The largest absolute Gasteiger partial charge is 0.481 e. The fourth-order valence-corrected chi connectivity index (χ4v) is 1.49. The molecule has 0 aliphatic rings. The molecule has 0 bridgehead atoms. The molecule has 7 heteroatoms. The predicted octanol–water partition coefficient (Wildman–Crippen LogP) is 0.977. The number of carboxylic acid groups (broad SMARTS) is 1. The van der Waals surface area contributed by atoms with Crippen molar-refractivity contribution in [1.82, 2.24) is 20.2 Å². The van der Waals surface area contributed by atoms with Crippen LogP contribution in [0.1, 0.15) is 32.1 Å². The summed E-state index contributed by atoms with van der Waals surface area (Å²) in [5.41, 5.74) is 0. The van der Waals surface area contributed by atoms with Gasteiger partial charge in [0, 0.05) is 25.5 Å². The van der Waals surface area contributed by atoms with Gasteiger partial charge in [-0.3, -0.25) is 4.79 Å². The summed E-state index contributed by atoms with van der Waals surface area (Å²) in [5.74, 6) is -0.252. The molecular formula is C11H18N4O3. The third-order valence-electron chi connectivity index (χ3n) is 2.53. The SMILES string of the molecule is CCN(CCC(=O)O)C(=O)NC(C)c1ncc[nH]1. The van der Waals surface area contributed by atoms with Crippen LogP contribution in [-0.4, -0.2) is 45.1 Å². The molecule has 0 aromatic carbocycles. The van der Waals surface area contributed by atoms with E-state index in [-0.39, 0.29) is 25.0 Å². The molecule has 1 unspecified atom stereocenters. The molecule has 0 aliphatic heterocycles. The summed E-state index contributed by atoms with van der Waals surface area (Å²) in [6, 6.07) is -0.533. The van der Waals surface area contributed by atoms with Crippen molar-refractivity contribution in [3.8, 4) is 0 Å². The zero-order valence-electron chi connectivity index (χ0n) is 10.5. The lowest BCUT2D eigenvalue weighted by Gasteiger charge is -2.22. The second-order valence-corrected chi connectivity index (χ2v) is 3.87. The van der Waals surface area contributed by atoms with Gasteiger partial charge in [0.05, 0.1) is 12.5 Å². The molecule has 2 amide bonds. The number of carbonyl (C=O) groups excluding carboxylic acids is 1.